The van der Waals surface area contributed by atoms with Crippen molar-refractivity contribution in [3.8, 4) is 0 Å². The van der Waals surface area contributed by atoms with Gasteiger partial charge in [0.1, 0.15) is 5.69 Å². The summed E-state index contributed by atoms with van der Waals surface area (Å²) in [5.41, 5.74) is 3.18. The first-order valence-electron chi connectivity index (χ1n) is 8.19. The Morgan fingerprint density at radius 1 is 1.35 bits per heavy atom. The molecule has 5 nitrogen and oxygen atoms in total. The molecule has 1 saturated heterocycles. The smallest absolute Gasteiger partial charge is 0.272 e. The van der Waals surface area contributed by atoms with Crippen LogP contribution in [0, 0.1) is 6.92 Å². The van der Waals surface area contributed by atoms with Crippen molar-refractivity contribution >= 4 is 5.91 Å². The van der Waals surface area contributed by atoms with E-state index in [1.165, 1.54) is 11.1 Å². The lowest BCUT2D eigenvalue weighted by atomic mass is 10.0. The van der Waals surface area contributed by atoms with Crippen molar-refractivity contribution in [3.63, 3.8) is 0 Å². The molecule has 1 aliphatic rings. The Labute approximate surface area is 137 Å². The number of nitrogens with zero attached hydrogens (tertiary/aromatic N) is 3. The maximum Gasteiger partial charge on any atom is 0.272 e. The minimum atomic E-state index is -0.0756. The lowest BCUT2D eigenvalue weighted by Crippen LogP contribution is -2.47. The van der Waals surface area contributed by atoms with E-state index in [0.29, 0.717) is 5.69 Å². The zero-order valence-corrected chi connectivity index (χ0v) is 13.8. The van der Waals surface area contributed by atoms with E-state index in [4.69, 9.17) is 0 Å². The van der Waals surface area contributed by atoms with Gasteiger partial charge in [-0.25, -0.2) is 0 Å². The maximum atomic E-state index is 12.2. The molecule has 1 atom stereocenters. The highest BCUT2D eigenvalue weighted by molar-refractivity contribution is 5.92. The fourth-order valence-electron chi connectivity index (χ4n) is 3.14. The molecule has 2 aromatic rings. The number of hydrogen-bond acceptors (Lipinski definition) is 3. The van der Waals surface area contributed by atoms with E-state index in [2.05, 4.69) is 46.5 Å². The monoisotopic (exact) mass is 312 g/mol. The van der Waals surface area contributed by atoms with Gasteiger partial charge in [-0.1, -0.05) is 24.3 Å². The molecule has 1 N–H and O–H groups in total. The van der Waals surface area contributed by atoms with Gasteiger partial charge < -0.3 is 5.32 Å². The van der Waals surface area contributed by atoms with E-state index in [-0.39, 0.29) is 11.9 Å². The average Bonchev–Trinajstić information content (AvgIpc) is 2.97. The maximum absolute atomic E-state index is 12.2. The van der Waals surface area contributed by atoms with Crippen LogP contribution in [0.15, 0.2) is 36.5 Å². The minimum Gasteiger partial charge on any atom is -0.347 e. The summed E-state index contributed by atoms with van der Waals surface area (Å²) in [6.07, 6.45) is 3.93. The van der Waals surface area contributed by atoms with Crippen molar-refractivity contribution in [1.82, 2.24) is 20.0 Å². The SMILES string of the molecule is Cc1ccccc1CN1CCCC(NC(=O)c2ccn(C)n2)C1. The molecular formula is C18H24N4O. The molecule has 1 aromatic carbocycles. The normalized spacial score (nSPS) is 18.8. The Morgan fingerprint density at radius 3 is 2.91 bits per heavy atom. The number of aromatic nitrogens is 2. The van der Waals surface area contributed by atoms with Crippen molar-refractivity contribution < 1.29 is 4.79 Å². The number of benzene rings is 1. The van der Waals surface area contributed by atoms with Crippen molar-refractivity contribution in [2.75, 3.05) is 13.1 Å². The standard InChI is InChI=1S/C18H24N4O/c1-14-6-3-4-7-15(14)12-22-10-5-8-16(13-22)19-18(23)17-9-11-21(2)20-17/h3-4,6-7,9,11,16H,5,8,10,12-13H2,1-2H3,(H,19,23). The molecule has 5 heteroatoms. The minimum absolute atomic E-state index is 0.0756. The predicted molar refractivity (Wildman–Crippen MR) is 90.2 cm³/mol. The van der Waals surface area contributed by atoms with Gasteiger partial charge in [-0.05, 0) is 43.5 Å². The van der Waals surface area contributed by atoms with Crippen LogP contribution in [-0.2, 0) is 13.6 Å². The molecule has 1 fully saturated rings. The predicted octanol–water partition coefficient (Wildman–Crippen LogP) is 2.12. The molecule has 1 amide bonds. The third-order valence-electron chi connectivity index (χ3n) is 4.44. The topological polar surface area (TPSA) is 50.2 Å². The van der Waals surface area contributed by atoms with Crippen LogP contribution < -0.4 is 5.32 Å². The summed E-state index contributed by atoms with van der Waals surface area (Å²) in [6.45, 7) is 5.08. The summed E-state index contributed by atoms with van der Waals surface area (Å²) in [6, 6.07) is 10.5. The second-order valence-corrected chi connectivity index (χ2v) is 6.35. The van der Waals surface area contributed by atoms with Crippen LogP contribution in [0.4, 0.5) is 0 Å². The lowest BCUT2D eigenvalue weighted by molar-refractivity contribution is 0.0895. The van der Waals surface area contributed by atoms with Gasteiger partial charge in [-0.2, -0.15) is 5.10 Å². The van der Waals surface area contributed by atoms with Crippen LogP contribution in [0.2, 0.25) is 0 Å². The van der Waals surface area contributed by atoms with Gasteiger partial charge in [0.2, 0.25) is 0 Å². The molecule has 1 aliphatic heterocycles. The summed E-state index contributed by atoms with van der Waals surface area (Å²) in [4.78, 5) is 14.7. The highest BCUT2D eigenvalue weighted by atomic mass is 16.2. The van der Waals surface area contributed by atoms with Crippen LogP contribution in [0.1, 0.15) is 34.5 Å². The van der Waals surface area contributed by atoms with Crippen molar-refractivity contribution in [2.24, 2.45) is 7.05 Å². The average molecular weight is 312 g/mol. The van der Waals surface area contributed by atoms with Gasteiger partial charge in [0.25, 0.3) is 5.91 Å². The van der Waals surface area contributed by atoms with Gasteiger partial charge in [0.15, 0.2) is 0 Å². The first-order chi connectivity index (χ1) is 11.1. The summed E-state index contributed by atoms with van der Waals surface area (Å²) in [5, 5.41) is 7.29. The molecular weight excluding hydrogens is 288 g/mol. The number of nitrogens with one attached hydrogen (secondary N) is 1. The summed E-state index contributed by atoms with van der Waals surface area (Å²) in [7, 11) is 1.82. The van der Waals surface area contributed by atoms with Crippen LogP contribution in [0.3, 0.4) is 0 Å². The van der Waals surface area contributed by atoms with E-state index < -0.39 is 0 Å². The highest BCUT2D eigenvalue weighted by Gasteiger charge is 2.22. The number of carbonyl (C=O) groups excluding carboxylic acids is 1. The van der Waals surface area contributed by atoms with Crippen molar-refractivity contribution in [3.05, 3.63) is 53.3 Å². The molecule has 0 saturated carbocycles. The summed E-state index contributed by atoms with van der Waals surface area (Å²) in [5.74, 6) is -0.0756. The fraction of sp³-hybridized carbons (Fsp3) is 0.444. The molecule has 3 rings (SSSR count). The number of carbonyl (C=O) groups is 1. The lowest BCUT2D eigenvalue weighted by Gasteiger charge is -2.33. The molecule has 2 heterocycles. The molecule has 23 heavy (non-hydrogen) atoms. The molecule has 0 bridgehead atoms. The van der Waals surface area contributed by atoms with E-state index in [1.54, 1.807) is 16.9 Å². The second-order valence-electron chi connectivity index (χ2n) is 6.35. The van der Waals surface area contributed by atoms with Crippen LogP contribution in [-0.4, -0.2) is 39.7 Å². The van der Waals surface area contributed by atoms with Gasteiger partial charge in [-0.15, -0.1) is 0 Å². The highest BCUT2D eigenvalue weighted by Crippen LogP contribution is 2.16. The van der Waals surface area contributed by atoms with Gasteiger partial charge in [0, 0.05) is 32.4 Å². The van der Waals surface area contributed by atoms with Crippen molar-refractivity contribution in [1.29, 1.82) is 0 Å². The van der Waals surface area contributed by atoms with E-state index >= 15 is 0 Å². The van der Waals surface area contributed by atoms with Gasteiger partial charge >= 0.3 is 0 Å². The quantitative estimate of drug-likeness (QED) is 0.941. The van der Waals surface area contributed by atoms with E-state index in [0.717, 1.165) is 32.5 Å². The number of hydrogen-bond donors (Lipinski definition) is 1. The Hall–Kier alpha value is -2.14. The molecule has 1 aromatic heterocycles. The zero-order chi connectivity index (χ0) is 16.2. The van der Waals surface area contributed by atoms with Crippen LogP contribution >= 0.6 is 0 Å². The van der Waals surface area contributed by atoms with E-state index in [1.807, 2.05) is 7.05 Å². The van der Waals surface area contributed by atoms with Crippen molar-refractivity contribution in [2.45, 2.75) is 32.4 Å². The number of amides is 1. The fourth-order valence-corrected chi connectivity index (χ4v) is 3.14. The van der Waals surface area contributed by atoms with Gasteiger partial charge in [-0.3, -0.25) is 14.4 Å². The molecule has 1 unspecified atom stereocenters. The third kappa shape index (κ3) is 3.99. The third-order valence-corrected chi connectivity index (χ3v) is 4.44. The van der Waals surface area contributed by atoms with Crippen LogP contribution in [0.25, 0.3) is 0 Å². The molecule has 0 radical (unpaired) electrons. The molecule has 122 valence electrons. The number of piperidine rings is 1. The number of likely N-dealkylation sites (tertiary alicyclic amines) is 1. The Balaban J connectivity index is 1.58. The largest absolute Gasteiger partial charge is 0.347 e. The second kappa shape index (κ2) is 6.96. The first-order valence-corrected chi connectivity index (χ1v) is 8.19. The molecule has 0 spiro atoms. The number of aryl methyl sites for hydroxylation is 2. The summed E-state index contributed by atoms with van der Waals surface area (Å²) < 4.78 is 1.65. The zero-order valence-electron chi connectivity index (χ0n) is 13.8. The Bertz CT molecular complexity index is 679. The Morgan fingerprint density at radius 2 is 2.17 bits per heavy atom. The summed E-state index contributed by atoms with van der Waals surface area (Å²) >= 11 is 0. The van der Waals surface area contributed by atoms with Crippen LogP contribution in [0.5, 0.6) is 0 Å². The Kier molecular flexibility index (Phi) is 4.76. The molecule has 0 aliphatic carbocycles. The van der Waals surface area contributed by atoms with E-state index in [9.17, 15) is 4.79 Å². The first kappa shape index (κ1) is 15.7. The van der Waals surface area contributed by atoms with Gasteiger partial charge in [0.05, 0.1) is 0 Å². The number of rotatable bonds is 4.